The number of nitrogens with two attached hydrogens (primary N) is 1. The van der Waals surface area contributed by atoms with Gasteiger partial charge in [-0.15, -0.1) is 0 Å². The van der Waals surface area contributed by atoms with Crippen molar-refractivity contribution in [2.75, 3.05) is 11.6 Å². The fourth-order valence-electron chi connectivity index (χ4n) is 1.58. The van der Waals surface area contributed by atoms with Crippen LogP contribution in [0.5, 0.6) is 0 Å². The van der Waals surface area contributed by atoms with Crippen LogP contribution in [-0.2, 0) is 0 Å². The summed E-state index contributed by atoms with van der Waals surface area (Å²) in [6.45, 7) is 0.480. The summed E-state index contributed by atoms with van der Waals surface area (Å²) < 4.78 is 0. The molecule has 2 aromatic carbocycles. The van der Waals surface area contributed by atoms with Gasteiger partial charge in [0.15, 0.2) is 0 Å². The van der Waals surface area contributed by atoms with Gasteiger partial charge in [0.1, 0.15) is 0 Å². The van der Waals surface area contributed by atoms with E-state index in [4.69, 9.17) is 5.73 Å². The van der Waals surface area contributed by atoms with Gasteiger partial charge in [-0.2, -0.15) is 0 Å². The number of anilines is 2. The fourth-order valence-corrected chi connectivity index (χ4v) is 1.58. The molecule has 0 saturated heterocycles. The predicted octanol–water partition coefficient (Wildman–Crippen LogP) is 2.09. The third-order valence-electron chi connectivity index (χ3n) is 2.32. The predicted molar refractivity (Wildman–Crippen MR) is 71.2 cm³/mol. The maximum absolute atomic E-state index is 5.76. The molecule has 2 aromatic rings. The van der Waals surface area contributed by atoms with Gasteiger partial charge in [-0.05, 0) is 24.3 Å². The molecule has 0 aliphatic rings. The Morgan fingerprint density at radius 2 is 1.12 bits per heavy atom. The van der Waals surface area contributed by atoms with E-state index in [1.54, 1.807) is 0 Å². The van der Waals surface area contributed by atoms with Crippen molar-refractivity contribution in [3.8, 4) is 0 Å². The van der Waals surface area contributed by atoms with Gasteiger partial charge in [-0.25, -0.2) is 0 Å². The topological polar surface area (TPSA) is 29.3 Å². The fraction of sp³-hybridized carbons (Fsp3) is 0.0769. The van der Waals surface area contributed by atoms with E-state index >= 15 is 0 Å². The molecule has 2 rings (SSSR count). The standard InChI is InChI=1S/C13H14N2.Li.H/c14-11-15(12-7-3-1-4-8-12)13-9-5-2-6-10-13;;/h1-10H,11,14H2;;. The molecule has 0 heterocycles. The third kappa shape index (κ3) is 2.90. The Morgan fingerprint density at radius 3 is 1.44 bits per heavy atom. The number of nitrogens with zero attached hydrogens (tertiary/aromatic N) is 1. The molecule has 0 aromatic heterocycles. The van der Waals surface area contributed by atoms with Crippen LogP contribution in [0.2, 0.25) is 0 Å². The Kier molecular flexibility index (Phi) is 5.14. The van der Waals surface area contributed by atoms with Crippen LogP contribution in [0.25, 0.3) is 0 Å². The molecule has 0 aliphatic carbocycles. The van der Waals surface area contributed by atoms with Crippen LogP contribution in [0.4, 0.5) is 11.4 Å². The molecule has 78 valence electrons. The second-order valence-corrected chi connectivity index (χ2v) is 3.28. The summed E-state index contributed by atoms with van der Waals surface area (Å²) in [7, 11) is 0. The first-order valence-corrected chi connectivity index (χ1v) is 4.99. The Hall–Kier alpha value is -1.20. The van der Waals surface area contributed by atoms with E-state index < -0.39 is 0 Å². The number of para-hydroxylation sites is 2. The number of benzene rings is 2. The van der Waals surface area contributed by atoms with Crippen molar-refractivity contribution in [1.29, 1.82) is 0 Å². The van der Waals surface area contributed by atoms with Gasteiger partial charge >= 0.3 is 18.9 Å². The molecule has 2 N–H and O–H groups in total. The monoisotopic (exact) mass is 206 g/mol. The summed E-state index contributed by atoms with van der Waals surface area (Å²) in [6, 6.07) is 20.3. The van der Waals surface area contributed by atoms with Crippen LogP contribution in [-0.4, -0.2) is 25.5 Å². The first-order chi connectivity index (χ1) is 7.42. The number of rotatable bonds is 3. The minimum absolute atomic E-state index is 0. The molecular formula is C13H15LiN2. The van der Waals surface area contributed by atoms with E-state index in [1.165, 1.54) is 0 Å². The van der Waals surface area contributed by atoms with Gasteiger partial charge in [0.25, 0.3) is 0 Å². The Bertz CT molecular complexity index is 363. The molecule has 0 spiro atoms. The number of hydrogen-bond acceptors (Lipinski definition) is 2. The minimum atomic E-state index is 0. The molecule has 0 fully saturated rings. The van der Waals surface area contributed by atoms with E-state index in [-0.39, 0.29) is 18.9 Å². The average molecular weight is 206 g/mol. The third-order valence-corrected chi connectivity index (χ3v) is 2.32. The van der Waals surface area contributed by atoms with Crippen molar-refractivity contribution in [3.05, 3.63) is 60.7 Å². The van der Waals surface area contributed by atoms with Crippen molar-refractivity contribution in [1.82, 2.24) is 0 Å². The van der Waals surface area contributed by atoms with E-state index in [9.17, 15) is 0 Å². The van der Waals surface area contributed by atoms with Crippen LogP contribution in [0.1, 0.15) is 0 Å². The summed E-state index contributed by atoms with van der Waals surface area (Å²) in [6.07, 6.45) is 0. The zero-order chi connectivity index (χ0) is 10.5. The van der Waals surface area contributed by atoms with Crippen molar-refractivity contribution in [3.63, 3.8) is 0 Å². The van der Waals surface area contributed by atoms with Crippen molar-refractivity contribution in [2.24, 2.45) is 5.73 Å². The van der Waals surface area contributed by atoms with Gasteiger partial charge < -0.3 is 10.6 Å². The van der Waals surface area contributed by atoms with Crippen LogP contribution in [0.15, 0.2) is 60.7 Å². The summed E-state index contributed by atoms with van der Waals surface area (Å²) in [5, 5.41) is 0. The second-order valence-electron chi connectivity index (χ2n) is 3.28. The Labute approximate surface area is 108 Å². The van der Waals surface area contributed by atoms with Gasteiger partial charge in [0.2, 0.25) is 0 Å². The summed E-state index contributed by atoms with van der Waals surface area (Å²) in [4.78, 5) is 2.07. The molecule has 0 radical (unpaired) electrons. The van der Waals surface area contributed by atoms with Gasteiger partial charge in [-0.3, -0.25) is 0 Å². The van der Waals surface area contributed by atoms with E-state index in [2.05, 4.69) is 29.2 Å². The van der Waals surface area contributed by atoms with Crippen LogP contribution >= 0.6 is 0 Å². The molecule has 2 nitrogen and oxygen atoms in total. The molecule has 0 bridgehead atoms. The van der Waals surface area contributed by atoms with Gasteiger partial charge in [0.05, 0.1) is 6.67 Å². The second kappa shape index (κ2) is 6.40. The summed E-state index contributed by atoms with van der Waals surface area (Å²) in [5.74, 6) is 0. The normalized spacial score (nSPS) is 9.31. The zero-order valence-electron chi connectivity index (χ0n) is 8.51. The van der Waals surface area contributed by atoms with E-state index in [0.717, 1.165) is 11.4 Å². The van der Waals surface area contributed by atoms with Crippen LogP contribution in [0.3, 0.4) is 0 Å². The SMILES string of the molecule is NCN(c1ccccc1)c1ccccc1.[LiH]. The Morgan fingerprint density at radius 1 is 0.750 bits per heavy atom. The van der Waals surface area contributed by atoms with Gasteiger partial charge in [0, 0.05) is 11.4 Å². The zero-order valence-corrected chi connectivity index (χ0v) is 8.51. The summed E-state index contributed by atoms with van der Waals surface area (Å²) in [5.41, 5.74) is 8.00. The van der Waals surface area contributed by atoms with Gasteiger partial charge in [-0.1, -0.05) is 36.4 Å². The average Bonchev–Trinajstić information content (AvgIpc) is 2.33. The first-order valence-electron chi connectivity index (χ1n) is 4.99. The first kappa shape index (κ1) is 12.9. The maximum atomic E-state index is 5.76. The molecule has 0 amide bonds. The molecule has 0 saturated carbocycles. The molecule has 3 heteroatoms. The summed E-state index contributed by atoms with van der Waals surface area (Å²) >= 11 is 0. The Balaban J connectivity index is 0.00000128. The van der Waals surface area contributed by atoms with Crippen molar-refractivity contribution < 1.29 is 0 Å². The van der Waals surface area contributed by atoms with E-state index in [1.807, 2.05) is 36.4 Å². The molecule has 0 aliphatic heterocycles. The molecule has 16 heavy (non-hydrogen) atoms. The van der Waals surface area contributed by atoms with E-state index in [0.29, 0.717) is 6.67 Å². The number of hydrogen-bond donors (Lipinski definition) is 1. The van der Waals surface area contributed by atoms with Crippen molar-refractivity contribution in [2.45, 2.75) is 0 Å². The van der Waals surface area contributed by atoms with Crippen LogP contribution in [0, 0.1) is 0 Å². The van der Waals surface area contributed by atoms with Crippen LogP contribution < -0.4 is 10.6 Å². The molecule has 0 atom stereocenters. The molecular weight excluding hydrogens is 191 g/mol. The quantitative estimate of drug-likeness (QED) is 0.615. The molecule has 0 unspecified atom stereocenters. The van der Waals surface area contributed by atoms with Crippen molar-refractivity contribution >= 4 is 30.2 Å².